The van der Waals surface area contributed by atoms with Crippen molar-refractivity contribution in [3.05, 3.63) is 35.4 Å². The molecule has 4 nitrogen and oxygen atoms in total. The maximum Gasteiger partial charge on any atom is 0.417 e. The smallest absolute Gasteiger partial charge is 0.417 e. The van der Waals surface area contributed by atoms with Crippen LogP contribution in [0.2, 0.25) is 0 Å². The molecule has 0 atom stereocenters. The number of amides is 1. The Morgan fingerprint density at radius 2 is 1.79 bits per heavy atom. The van der Waals surface area contributed by atoms with Gasteiger partial charge >= 0.3 is 12.3 Å². The number of alkyl halides is 3. The van der Waals surface area contributed by atoms with Gasteiger partial charge in [0.15, 0.2) is 5.78 Å². The van der Waals surface area contributed by atoms with E-state index in [0.29, 0.717) is 0 Å². The predicted molar refractivity (Wildman–Crippen MR) is 58.9 cm³/mol. The number of hydrogen-bond donors (Lipinski definition) is 1. The average Bonchev–Trinajstić information content (AvgIpc) is 2.25. The number of nitrogens with zero attached hydrogens (tertiary/aromatic N) is 1. The van der Waals surface area contributed by atoms with Crippen LogP contribution in [0.5, 0.6) is 0 Å². The minimum Gasteiger partial charge on any atom is -0.465 e. The van der Waals surface area contributed by atoms with E-state index >= 15 is 0 Å². The highest BCUT2D eigenvalue weighted by molar-refractivity contribution is 6.00. The molecule has 1 aliphatic rings. The third-order valence-corrected chi connectivity index (χ3v) is 3.02. The van der Waals surface area contributed by atoms with Gasteiger partial charge in [-0.3, -0.25) is 4.79 Å². The molecule has 0 spiro atoms. The minimum absolute atomic E-state index is 0.0552. The Balaban J connectivity index is 2.20. The lowest BCUT2D eigenvalue weighted by Crippen LogP contribution is -2.52. The molecule has 0 aliphatic carbocycles. The molecule has 0 saturated carbocycles. The molecule has 0 bridgehead atoms. The SMILES string of the molecule is O=C(c1ccccc1C(F)(F)F)C1CN(C(=O)O)C1. The minimum atomic E-state index is -4.59. The lowest BCUT2D eigenvalue weighted by Gasteiger charge is -2.36. The van der Waals surface area contributed by atoms with E-state index in [-0.39, 0.29) is 13.1 Å². The van der Waals surface area contributed by atoms with Crippen LogP contribution >= 0.6 is 0 Å². The molecule has 2 rings (SSSR count). The van der Waals surface area contributed by atoms with Gasteiger partial charge in [-0.25, -0.2) is 4.79 Å². The Morgan fingerprint density at radius 3 is 2.32 bits per heavy atom. The van der Waals surface area contributed by atoms with E-state index in [2.05, 4.69) is 0 Å². The van der Waals surface area contributed by atoms with Crippen LogP contribution in [0.25, 0.3) is 0 Å². The molecule has 7 heteroatoms. The highest BCUT2D eigenvalue weighted by atomic mass is 19.4. The van der Waals surface area contributed by atoms with Gasteiger partial charge in [-0.05, 0) is 6.07 Å². The number of rotatable bonds is 2. The number of carbonyl (C=O) groups is 2. The molecule has 1 N–H and O–H groups in total. The highest BCUT2D eigenvalue weighted by Crippen LogP contribution is 2.33. The zero-order chi connectivity index (χ0) is 14.2. The van der Waals surface area contributed by atoms with Crippen molar-refractivity contribution in [2.75, 3.05) is 13.1 Å². The van der Waals surface area contributed by atoms with Gasteiger partial charge in [0.1, 0.15) is 0 Å². The van der Waals surface area contributed by atoms with Crippen LogP contribution in [0.15, 0.2) is 24.3 Å². The van der Waals surface area contributed by atoms with E-state index in [0.717, 1.165) is 17.0 Å². The van der Waals surface area contributed by atoms with Gasteiger partial charge in [0.05, 0.1) is 11.5 Å². The standard InChI is InChI=1S/C12H10F3NO3/c13-12(14,15)9-4-2-1-3-8(9)10(17)7-5-16(6-7)11(18)19/h1-4,7H,5-6H2,(H,18,19). The van der Waals surface area contributed by atoms with Crippen molar-refractivity contribution in [1.82, 2.24) is 4.90 Å². The lowest BCUT2D eigenvalue weighted by atomic mass is 9.88. The number of benzene rings is 1. The Hall–Kier alpha value is -2.05. The summed E-state index contributed by atoms with van der Waals surface area (Å²) in [6.07, 6.45) is -5.77. The van der Waals surface area contributed by atoms with E-state index in [1.165, 1.54) is 12.1 Å². The van der Waals surface area contributed by atoms with E-state index in [9.17, 15) is 22.8 Å². The van der Waals surface area contributed by atoms with Gasteiger partial charge in [0.2, 0.25) is 0 Å². The number of likely N-dealkylation sites (tertiary alicyclic amines) is 1. The maximum atomic E-state index is 12.7. The van der Waals surface area contributed by atoms with Crippen molar-refractivity contribution < 1.29 is 27.9 Å². The molecule has 1 fully saturated rings. The molecule has 1 saturated heterocycles. The molecule has 1 aromatic carbocycles. The molecule has 1 aromatic rings. The highest BCUT2D eigenvalue weighted by Gasteiger charge is 2.40. The number of ketones is 1. The second-order valence-corrected chi connectivity index (χ2v) is 4.29. The number of carbonyl (C=O) groups excluding carboxylic acids is 1. The Morgan fingerprint density at radius 1 is 1.21 bits per heavy atom. The van der Waals surface area contributed by atoms with Crippen LogP contribution in [0.1, 0.15) is 15.9 Å². The molecule has 102 valence electrons. The molecule has 1 heterocycles. The number of carboxylic acid groups (broad SMARTS) is 1. The summed E-state index contributed by atoms with van der Waals surface area (Å²) < 4.78 is 38.2. The second-order valence-electron chi connectivity index (χ2n) is 4.29. The molecule has 0 radical (unpaired) electrons. The van der Waals surface area contributed by atoms with Crippen molar-refractivity contribution in [2.45, 2.75) is 6.18 Å². The van der Waals surface area contributed by atoms with Gasteiger partial charge in [-0.15, -0.1) is 0 Å². The van der Waals surface area contributed by atoms with E-state index in [1.54, 1.807) is 0 Å². The van der Waals surface area contributed by atoms with Gasteiger partial charge in [-0.1, -0.05) is 18.2 Å². The van der Waals surface area contributed by atoms with Crippen LogP contribution in [-0.4, -0.2) is 35.0 Å². The fraction of sp³-hybridized carbons (Fsp3) is 0.333. The van der Waals surface area contributed by atoms with E-state index in [4.69, 9.17) is 5.11 Å². The van der Waals surface area contributed by atoms with Crippen molar-refractivity contribution in [3.63, 3.8) is 0 Å². The quantitative estimate of drug-likeness (QED) is 0.842. The predicted octanol–water partition coefficient (Wildman–Crippen LogP) is 2.50. The summed E-state index contributed by atoms with van der Waals surface area (Å²) in [7, 11) is 0. The largest absolute Gasteiger partial charge is 0.465 e. The topological polar surface area (TPSA) is 57.6 Å². The molecular weight excluding hydrogens is 263 g/mol. The summed E-state index contributed by atoms with van der Waals surface area (Å²) >= 11 is 0. The third kappa shape index (κ3) is 2.54. The lowest BCUT2D eigenvalue weighted by molar-refractivity contribution is -0.138. The van der Waals surface area contributed by atoms with Gasteiger partial charge in [0, 0.05) is 18.7 Å². The molecule has 19 heavy (non-hydrogen) atoms. The Bertz CT molecular complexity index is 521. The van der Waals surface area contributed by atoms with Crippen molar-refractivity contribution in [3.8, 4) is 0 Å². The number of Topliss-reactive ketones (excluding diaryl/α,β-unsaturated/α-hetero) is 1. The van der Waals surface area contributed by atoms with Gasteiger partial charge in [0.25, 0.3) is 0 Å². The summed E-state index contributed by atoms with van der Waals surface area (Å²) in [6, 6.07) is 4.54. The third-order valence-electron chi connectivity index (χ3n) is 3.02. The zero-order valence-corrected chi connectivity index (χ0v) is 9.65. The van der Waals surface area contributed by atoms with Crippen LogP contribution in [0, 0.1) is 5.92 Å². The molecular formula is C12H10F3NO3. The second kappa shape index (κ2) is 4.56. The first kappa shape index (κ1) is 13.4. The zero-order valence-electron chi connectivity index (χ0n) is 9.65. The Kier molecular flexibility index (Phi) is 3.21. The van der Waals surface area contributed by atoms with Crippen LogP contribution in [0.3, 0.4) is 0 Å². The van der Waals surface area contributed by atoms with Crippen molar-refractivity contribution >= 4 is 11.9 Å². The van der Waals surface area contributed by atoms with E-state index < -0.39 is 35.1 Å². The summed E-state index contributed by atoms with van der Waals surface area (Å²) in [5, 5.41) is 8.62. The van der Waals surface area contributed by atoms with Crippen LogP contribution < -0.4 is 0 Å². The van der Waals surface area contributed by atoms with Gasteiger partial charge < -0.3 is 10.0 Å². The van der Waals surface area contributed by atoms with Crippen molar-refractivity contribution in [2.24, 2.45) is 5.92 Å². The van der Waals surface area contributed by atoms with Crippen LogP contribution in [-0.2, 0) is 6.18 Å². The maximum absolute atomic E-state index is 12.7. The average molecular weight is 273 g/mol. The first-order valence-electron chi connectivity index (χ1n) is 5.49. The number of halogens is 3. The first-order valence-corrected chi connectivity index (χ1v) is 5.49. The first-order chi connectivity index (χ1) is 8.80. The summed E-state index contributed by atoms with van der Waals surface area (Å²) in [5.41, 5.74) is -1.38. The summed E-state index contributed by atoms with van der Waals surface area (Å²) in [6.45, 7) is -0.110. The fourth-order valence-corrected chi connectivity index (χ4v) is 1.97. The molecule has 0 unspecified atom stereocenters. The normalized spacial score (nSPS) is 16.1. The molecule has 0 aromatic heterocycles. The number of hydrogen-bond acceptors (Lipinski definition) is 2. The van der Waals surface area contributed by atoms with E-state index in [1.807, 2.05) is 0 Å². The van der Waals surface area contributed by atoms with Crippen LogP contribution in [0.4, 0.5) is 18.0 Å². The Labute approximate surface area is 106 Å². The fourth-order valence-electron chi connectivity index (χ4n) is 1.97. The summed E-state index contributed by atoms with van der Waals surface area (Å²) in [4.78, 5) is 23.5. The molecule has 1 aliphatic heterocycles. The monoisotopic (exact) mass is 273 g/mol. The molecule has 1 amide bonds. The van der Waals surface area contributed by atoms with Crippen molar-refractivity contribution in [1.29, 1.82) is 0 Å². The summed E-state index contributed by atoms with van der Waals surface area (Å²) in [5.74, 6) is -1.36. The van der Waals surface area contributed by atoms with Gasteiger partial charge in [-0.2, -0.15) is 13.2 Å².